The van der Waals surface area contributed by atoms with Crippen molar-refractivity contribution in [2.24, 2.45) is 39.9 Å². The van der Waals surface area contributed by atoms with Crippen LogP contribution >= 0.6 is 0 Å². The summed E-state index contributed by atoms with van der Waals surface area (Å²) < 4.78 is 0. The third-order valence-electron chi connectivity index (χ3n) is 7.36. The molecule has 3 aromatic carbocycles. The predicted molar refractivity (Wildman–Crippen MR) is 224 cm³/mol. The summed E-state index contributed by atoms with van der Waals surface area (Å²) in [5, 5.41) is 0. The molecule has 6 rings (SSSR count). The van der Waals surface area contributed by atoms with Crippen LogP contribution in [0.5, 0.6) is 0 Å². The molecule has 0 unspecified atom stereocenters. The van der Waals surface area contributed by atoms with E-state index < -0.39 is 0 Å². The van der Waals surface area contributed by atoms with Crippen LogP contribution < -0.4 is 0 Å². The molecular weight excluding hydrogens is 629 g/mol. The van der Waals surface area contributed by atoms with E-state index in [2.05, 4.69) is 78.3 Å². The smallest absolute Gasteiger partial charge is 0.0638 e. The molecule has 0 saturated heterocycles. The summed E-state index contributed by atoms with van der Waals surface area (Å²) in [6.45, 7) is 10.4. The first kappa shape index (κ1) is 37.0. The Bertz CT molecular complexity index is 1780. The monoisotopic (exact) mass is 668 g/mol. The van der Waals surface area contributed by atoms with Crippen LogP contribution in [0.25, 0.3) is 6.08 Å². The first-order chi connectivity index (χ1) is 24.9. The van der Waals surface area contributed by atoms with E-state index in [-0.39, 0.29) is 0 Å². The molecule has 8 nitrogen and oxygen atoms in total. The molecule has 0 aliphatic heterocycles. The van der Waals surface area contributed by atoms with E-state index in [1.807, 2.05) is 134 Å². The van der Waals surface area contributed by atoms with E-state index in [9.17, 15) is 0 Å². The Morgan fingerprint density at radius 3 is 0.941 bits per heavy atom. The fraction of sp³-hybridized carbons (Fsp3) is 0.0698. The first-order valence-corrected chi connectivity index (χ1v) is 16.0. The number of nitrogens with zero attached hydrogens (tertiary/aromatic N) is 8. The third-order valence-corrected chi connectivity index (χ3v) is 7.36. The van der Waals surface area contributed by atoms with Crippen molar-refractivity contribution < 1.29 is 0 Å². The molecule has 51 heavy (non-hydrogen) atoms. The molecule has 252 valence electrons. The van der Waals surface area contributed by atoms with Crippen LogP contribution in [0.1, 0.15) is 5.56 Å². The second kappa shape index (κ2) is 19.9. The number of aliphatic imine (C=N–C) groups is 8. The zero-order valence-electron chi connectivity index (χ0n) is 29.1. The van der Waals surface area contributed by atoms with Crippen LogP contribution in [0.2, 0.25) is 0 Å². The quantitative estimate of drug-likeness (QED) is 0.184. The van der Waals surface area contributed by atoms with E-state index in [1.165, 1.54) is 0 Å². The molecule has 0 bridgehead atoms. The highest BCUT2D eigenvalue weighted by Gasteiger charge is 2.00. The van der Waals surface area contributed by atoms with Gasteiger partial charge in [0.15, 0.2) is 0 Å². The van der Waals surface area contributed by atoms with E-state index in [4.69, 9.17) is 0 Å². The molecule has 8 heteroatoms. The number of benzene rings is 3. The molecule has 0 spiro atoms. The molecule has 0 aromatic heterocycles. The first-order valence-electron chi connectivity index (χ1n) is 16.0. The second-order valence-corrected chi connectivity index (χ2v) is 10.8. The lowest BCUT2D eigenvalue weighted by atomic mass is 10.0. The van der Waals surface area contributed by atoms with Crippen LogP contribution in [0.4, 0.5) is 28.4 Å². The minimum Gasteiger partial charge on any atom is -0.289 e. The highest BCUT2D eigenvalue weighted by Crippen LogP contribution is 2.20. The fourth-order valence-electron chi connectivity index (χ4n) is 4.50. The van der Waals surface area contributed by atoms with Gasteiger partial charge < -0.3 is 0 Å². The molecule has 0 radical (unpaired) electrons. The molecule has 3 aliphatic rings. The van der Waals surface area contributed by atoms with Gasteiger partial charge >= 0.3 is 0 Å². The van der Waals surface area contributed by atoms with Crippen molar-refractivity contribution in [1.29, 1.82) is 0 Å². The molecular formula is C43H40N8. The van der Waals surface area contributed by atoms with E-state index >= 15 is 0 Å². The van der Waals surface area contributed by atoms with Gasteiger partial charge in [0, 0.05) is 21.1 Å². The van der Waals surface area contributed by atoms with Gasteiger partial charge in [0.25, 0.3) is 0 Å². The van der Waals surface area contributed by atoms with Gasteiger partial charge in [0.1, 0.15) is 0 Å². The molecule has 0 amide bonds. The summed E-state index contributed by atoms with van der Waals surface area (Å²) in [7, 11) is 5.33. The Hall–Kier alpha value is -6.80. The highest BCUT2D eigenvalue weighted by molar-refractivity contribution is 6.19. The Kier molecular flexibility index (Phi) is 14.4. The van der Waals surface area contributed by atoms with Crippen LogP contribution in [-0.2, 0) is 0 Å². The third kappa shape index (κ3) is 12.3. The molecule has 0 N–H and O–H groups in total. The van der Waals surface area contributed by atoms with Crippen molar-refractivity contribution in [2.75, 3.05) is 21.1 Å². The standard InChI is InChI=1S/C15H14N2.2C14H13N3/c1-16-14-7-3-12(4-8-14)11-13-5-9-15(17-2)10-6-13;2*1-15-11-3-7-13(8-4-11)17-14-9-5-12(16-2)6-10-14/h3-11H,1H2,2H3;2*3-10H,1H2,2H3. The van der Waals surface area contributed by atoms with Crippen molar-refractivity contribution in [1.82, 2.24) is 0 Å². The van der Waals surface area contributed by atoms with Gasteiger partial charge in [-0.3, -0.25) is 30.0 Å². The Balaban J connectivity index is 0.000000172. The molecule has 3 aliphatic carbocycles. The van der Waals surface area contributed by atoms with Crippen LogP contribution in [-0.4, -0.2) is 69.9 Å². The molecule has 0 saturated carbocycles. The lowest BCUT2D eigenvalue weighted by molar-refractivity contribution is 1.44. The summed E-state index contributed by atoms with van der Waals surface area (Å²) in [6, 6.07) is 23.2. The van der Waals surface area contributed by atoms with Crippen molar-refractivity contribution in [2.45, 2.75) is 0 Å². The number of hydrogen-bond donors (Lipinski definition) is 0. The Morgan fingerprint density at radius 1 is 0.353 bits per heavy atom. The maximum absolute atomic E-state index is 4.49. The van der Waals surface area contributed by atoms with Gasteiger partial charge in [0.2, 0.25) is 0 Å². The van der Waals surface area contributed by atoms with E-state index in [0.29, 0.717) is 0 Å². The van der Waals surface area contributed by atoms with Gasteiger partial charge in [0.05, 0.1) is 57.0 Å². The SMILES string of the molecule is C=Nc1ccc(C=C2C=CC(=NC)C=C2)cc1.C=Nc1ccc(N=C2C=CC(=NC)C=C2)cc1.C=Nc1ccc(N=C2C=CC(=NC)C=C2)cc1. The molecule has 0 fully saturated rings. The highest BCUT2D eigenvalue weighted by atomic mass is 14.8. The van der Waals surface area contributed by atoms with Gasteiger partial charge in [-0.2, -0.15) is 0 Å². The van der Waals surface area contributed by atoms with E-state index in [1.54, 1.807) is 21.1 Å². The summed E-state index contributed by atoms with van der Waals surface area (Å²) in [6.07, 6.45) is 25.8. The largest absolute Gasteiger partial charge is 0.289 e. The minimum atomic E-state index is 0.851. The fourth-order valence-corrected chi connectivity index (χ4v) is 4.50. The average molecular weight is 669 g/mol. The van der Waals surface area contributed by atoms with Crippen LogP contribution in [0.3, 0.4) is 0 Å². The Morgan fingerprint density at radius 2 is 0.627 bits per heavy atom. The lowest BCUT2D eigenvalue weighted by Crippen LogP contribution is -1.99. The lowest BCUT2D eigenvalue weighted by Gasteiger charge is -2.02. The van der Waals surface area contributed by atoms with Crippen LogP contribution in [0.15, 0.2) is 191 Å². The molecule has 3 aromatic rings. The topological polar surface area (TPSA) is 98.9 Å². The summed E-state index contributed by atoms with van der Waals surface area (Å²) in [4.78, 5) is 32.8. The molecule has 0 atom stereocenters. The van der Waals surface area contributed by atoms with E-state index in [0.717, 1.165) is 68.1 Å². The maximum atomic E-state index is 4.49. The summed E-state index contributed by atoms with van der Waals surface area (Å²) >= 11 is 0. The van der Waals surface area contributed by atoms with Gasteiger partial charge in [-0.05, 0) is 159 Å². The number of hydrogen-bond acceptors (Lipinski definition) is 8. The summed E-state index contributed by atoms with van der Waals surface area (Å²) in [5.41, 5.74) is 11.4. The number of allylic oxidation sites excluding steroid dienone is 13. The maximum Gasteiger partial charge on any atom is 0.0638 e. The Labute approximate surface area is 300 Å². The second-order valence-electron chi connectivity index (χ2n) is 10.8. The zero-order chi connectivity index (χ0) is 36.3. The van der Waals surface area contributed by atoms with Gasteiger partial charge in [-0.15, -0.1) is 0 Å². The molecule has 0 heterocycles. The normalized spacial score (nSPS) is 13.7. The average Bonchev–Trinajstić information content (AvgIpc) is 3.20. The van der Waals surface area contributed by atoms with Gasteiger partial charge in [-0.25, -0.2) is 9.98 Å². The minimum absolute atomic E-state index is 0.851. The van der Waals surface area contributed by atoms with Gasteiger partial charge in [-0.1, -0.05) is 24.3 Å². The van der Waals surface area contributed by atoms with Crippen molar-refractivity contribution >= 4 is 83.2 Å². The van der Waals surface area contributed by atoms with Crippen molar-refractivity contribution in [3.8, 4) is 0 Å². The van der Waals surface area contributed by atoms with Crippen molar-refractivity contribution in [3.05, 3.63) is 157 Å². The summed E-state index contributed by atoms with van der Waals surface area (Å²) in [5.74, 6) is 0. The van der Waals surface area contributed by atoms with Crippen LogP contribution in [0, 0.1) is 0 Å². The van der Waals surface area contributed by atoms with Crippen molar-refractivity contribution in [3.63, 3.8) is 0 Å². The number of rotatable bonds is 6. The zero-order valence-corrected chi connectivity index (χ0v) is 29.1. The predicted octanol–water partition coefficient (Wildman–Crippen LogP) is 10.2.